The maximum Gasteiger partial charge on any atom is 0.197 e. The summed E-state index contributed by atoms with van der Waals surface area (Å²) in [5.74, 6) is 0.678. The summed E-state index contributed by atoms with van der Waals surface area (Å²) in [6.07, 6.45) is 3.05. The highest BCUT2D eigenvalue weighted by Crippen LogP contribution is 2.12. The molecule has 0 fully saturated rings. The second-order valence-corrected chi connectivity index (χ2v) is 3.46. The number of carbonyl (C=O) groups is 1. The summed E-state index contributed by atoms with van der Waals surface area (Å²) in [6, 6.07) is 5.31. The molecule has 3 nitrogen and oxygen atoms in total. The molecule has 0 atom stereocenters. The van der Waals surface area contributed by atoms with Gasteiger partial charge in [-0.15, -0.1) is 0 Å². The first kappa shape index (κ1) is 9.65. The van der Waals surface area contributed by atoms with E-state index in [1.807, 2.05) is 19.9 Å². The number of pyridine rings is 1. The summed E-state index contributed by atoms with van der Waals surface area (Å²) in [5.41, 5.74) is 2.05. The first-order chi connectivity index (χ1) is 7.16. The lowest BCUT2D eigenvalue weighted by Gasteiger charge is -1.97. The van der Waals surface area contributed by atoms with E-state index in [1.54, 1.807) is 18.3 Å². The van der Waals surface area contributed by atoms with E-state index in [1.165, 1.54) is 6.26 Å². The number of aromatic nitrogens is 1. The fourth-order valence-electron chi connectivity index (χ4n) is 1.33. The molecular weight excluding hydrogens is 190 g/mol. The van der Waals surface area contributed by atoms with Crippen LogP contribution in [0.4, 0.5) is 0 Å². The predicted octanol–water partition coefficient (Wildman–Crippen LogP) is 2.52. The third-order valence-corrected chi connectivity index (χ3v) is 2.17. The molecule has 2 rings (SSSR count). The van der Waals surface area contributed by atoms with Gasteiger partial charge < -0.3 is 4.42 Å². The van der Waals surface area contributed by atoms with Gasteiger partial charge in [-0.05, 0) is 32.0 Å². The molecule has 0 aliphatic carbocycles. The SMILES string of the molecule is Cc1ccc(C(=O)c2coc(C)c2)cn1. The van der Waals surface area contributed by atoms with Crippen molar-refractivity contribution in [2.75, 3.05) is 0 Å². The van der Waals surface area contributed by atoms with Gasteiger partial charge in [0.05, 0.1) is 5.56 Å². The van der Waals surface area contributed by atoms with Gasteiger partial charge in [0, 0.05) is 17.5 Å². The van der Waals surface area contributed by atoms with Crippen molar-refractivity contribution in [1.29, 1.82) is 0 Å². The van der Waals surface area contributed by atoms with Gasteiger partial charge in [0.1, 0.15) is 12.0 Å². The second-order valence-electron chi connectivity index (χ2n) is 3.46. The van der Waals surface area contributed by atoms with E-state index in [0.29, 0.717) is 11.1 Å². The summed E-state index contributed by atoms with van der Waals surface area (Å²) < 4.78 is 5.09. The number of carbonyl (C=O) groups excluding carboxylic acids is 1. The van der Waals surface area contributed by atoms with Crippen LogP contribution in [0.2, 0.25) is 0 Å². The Balaban J connectivity index is 2.32. The van der Waals surface area contributed by atoms with Crippen molar-refractivity contribution in [3.05, 3.63) is 53.2 Å². The zero-order chi connectivity index (χ0) is 10.8. The van der Waals surface area contributed by atoms with Crippen LogP contribution >= 0.6 is 0 Å². The second kappa shape index (κ2) is 3.69. The molecule has 0 spiro atoms. The molecule has 76 valence electrons. The standard InChI is InChI=1S/C12H11NO2/c1-8-3-4-10(6-13-8)12(14)11-5-9(2)15-7-11/h3-7H,1-2H3. The minimum atomic E-state index is -0.0562. The molecule has 0 radical (unpaired) electrons. The van der Waals surface area contributed by atoms with Crippen LogP contribution < -0.4 is 0 Å². The van der Waals surface area contributed by atoms with Gasteiger partial charge in [0.2, 0.25) is 0 Å². The average molecular weight is 201 g/mol. The van der Waals surface area contributed by atoms with Crippen LogP contribution in [0.3, 0.4) is 0 Å². The molecule has 0 unspecified atom stereocenters. The van der Waals surface area contributed by atoms with Crippen LogP contribution in [0.25, 0.3) is 0 Å². The Hall–Kier alpha value is -1.90. The fourth-order valence-corrected chi connectivity index (χ4v) is 1.33. The first-order valence-corrected chi connectivity index (χ1v) is 4.69. The van der Waals surface area contributed by atoms with E-state index in [-0.39, 0.29) is 5.78 Å². The number of nitrogens with zero attached hydrogens (tertiary/aromatic N) is 1. The van der Waals surface area contributed by atoms with Crippen LogP contribution in [0, 0.1) is 13.8 Å². The van der Waals surface area contributed by atoms with Crippen molar-refractivity contribution in [1.82, 2.24) is 4.98 Å². The molecule has 0 aromatic carbocycles. The number of furan rings is 1. The topological polar surface area (TPSA) is 43.1 Å². The summed E-state index contributed by atoms with van der Waals surface area (Å²) in [7, 11) is 0. The van der Waals surface area contributed by atoms with Crippen LogP contribution in [0.1, 0.15) is 27.4 Å². The van der Waals surface area contributed by atoms with Gasteiger partial charge >= 0.3 is 0 Å². The molecule has 2 aromatic heterocycles. The van der Waals surface area contributed by atoms with Gasteiger partial charge in [-0.2, -0.15) is 0 Å². The highest BCUT2D eigenvalue weighted by Gasteiger charge is 2.11. The number of ketones is 1. The zero-order valence-electron chi connectivity index (χ0n) is 8.65. The minimum absolute atomic E-state index is 0.0562. The fraction of sp³-hybridized carbons (Fsp3) is 0.167. The number of rotatable bonds is 2. The molecule has 0 aliphatic rings. The van der Waals surface area contributed by atoms with E-state index in [9.17, 15) is 4.79 Å². The number of hydrogen-bond acceptors (Lipinski definition) is 3. The van der Waals surface area contributed by atoms with Crippen molar-refractivity contribution >= 4 is 5.78 Å². The van der Waals surface area contributed by atoms with Crippen molar-refractivity contribution in [3.8, 4) is 0 Å². The van der Waals surface area contributed by atoms with Gasteiger partial charge in [0.25, 0.3) is 0 Å². The Morgan fingerprint density at radius 2 is 2.07 bits per heavy atom. The van der Waals surface area contributed by atoms with Gasteiger partial charge in [0.15, 0.2) is 5.78 Å². The molecule has 15 heavy (non-hydrogen) atoms. The molecule has 2 aromatic rings. The van der Waals surface area contributed by atoms with E-state index in [0.717, 1.165) is 11.5 Å². The molecule has 0 amide bonds. The molecule has 2 heterocycles. The number of hydrogen-bond donors (Lipinski definition) is 0. The Kier molecular flexibility index (Phi) is 2.37. The quantitative estimate of drug-likeness (QED) is 0.701. The van der Waals surface area contributed by atoms with Crippen LogP contribution in [-0.2, 0) is 0 Å². The normalized spacial score (nSPS) is 10.3. The summed E-state index contributed by atoms with van der Waals surface area (Å²) in [5, 5.41) is 0. The molecule has 0 aliphatic heterocycles. The van der Waals surface area contributed by atoms with Gasteiger partial charge in [-0.1, -0.05) is 0 Å². The summed E-state index contributed by atoms with van der Waals surface area (Å²) in [4.78, 5) is 16.0. The van der Waals surface area contributed by atoms with Crippen molar-refractivity contribution in [2.45, 2.75) is 13.8 Å². The van der Waals surface area contributed by atoms with Crippen LogP contribution in [0.15, 0.2) is 35.1 Å². The molecular formula is C12H11NO2. The Labute approximate surface area is 87.8 Å². The predicted molar refractivity (Wildman–Crippen MR) is 55.9 cm³/mol. The Bertz CT molecular complexity index is 483. The smallest absolute Gasteiger partial charge is 0.197 e. The molecule has 0 saturated carbocycles. The van der Waals surface area contributed by atoms with E-state index in [2.05, 4.69) is 4.98 Å². The highest BCUT2D eigenvalue weighted by molar-refractivity contribution is 6.08. The van der Waals surface area contributed by atoms with E-state index in [4.69, 9.17) is 4.42 Å². The molecule has 0 saturated heterocycles. The van der Waals surface area contributed by atoms with E-state index >= 15 is 0 Å². The maximum absolute atomic E-state index is 11.9. The minimum Gasteiger partial charge on any atom is -0.469 e. The highest BCUT2D eigenvalue weighted by atomic mass is 16.3. The third kappa shape index (κ3) is 1.96. The largest absolute Gasteiger partial charge is 0.469 e. The van der Waals surface area contributed by atoms with Gasteiger partial charge in [-0.25, -0.2) is 0 Å². The van der Waals surface area contributed by atoms with Gasteiger partial charge in [-0.3, -0.25) is 9.78 Å². The maximum atomic E-state index is 11.9. The number of aryl methyl sites for hydroxylation is 2. The Morgan fingerprint density at radius 1 is 1.27 bits per heavy atom. The lowest BCUT2D eigenvalue weighted by Crippen LogP contribution is -2.00. The van der Waals surface area contributed by atoms with E-state index < -0.39 is 0 Å². The van der Waals surface area contributed by atoms with Crippen molar-refractivity contribution in [3.63, 3.8) is 0 Å². The summed E-state index contributed by atoms with van der Waals surface area (Å²) >= 11 is 0. The molecule has 0 N–H and O–H groups in total. The molecule has 3 heteroatoms. The summed E-state index contributed by atoms with van der Waals surface area (Å²) in [6.45, 7) is 3.69. The van der Waals surface area contributed by atoms with Crippen molar-refractivity contribution < 1.29 is 9.21 Å². The lowest BCUT2D eigenvalue weighted by atomic mass is 10.1. The third-order valence-electron chi connectivity index (χ3n) is 2.17. The first-order valence-electron chi connectivity index (χ1n) is 4.69. The lowest BCUT2D eigenvalue weighted by molar-refractivity contribution is 0.103. The average Bonchev–Trinajstić information content (AvgIpc) is 2.65. The molecule has 0 bridgehead atoms. The monoisotopic (exact) mass is 201 g/mol. The Morgan fingerprint density at radius 3 is 2.60 bits per heavy atom. The van der Waals surface area contributed by atoms with Crippen LogP contribution in [-0.4, -0.2) is 10.8 Å². The van der Waals surface area contributed by atoms with Crippen molar-refractivity contribution in [2.24, 2.45) is 0 Å². The zero-order valence-corrected chi connectivity index (χ0v) is 8.65. The van der Waals surface area contributed by atoms with Crippen LogP contribution in [0.5, 0.6) is 0 Å².